The summed E-state index contributed by atoms with van der Waals surface area (Å²) >= 11 is 0. The van der Waals surface area contributed by atoms with Crippen molar-refractivity contribution >= 4 is 11.9 Å². The van der Waals surface area contributed by atoms with E-state index in [9.17, 15) is 9.59 Å². The molecule has 1 aliphatic carbocycles. The van der Waals surface area contributed by atoms with Gasteiger partial charge in [0.1, 0.15) is 0 Å². The van der Waals surface area contributed by atoms with Gasteiger partial charge in [0.15, 0.2) is 0 Å². The van der Waals surface area contributed by atoms with Gasteiger partial charge in [0.2, 0.25) is 6.10 Å². The molecule has 1 amide bonds. The number of carbonyl (C=O) groups excluding carboxylic acids is 2. The first-order valence-corrected chi connectivity index (χ1v) is 7.60. The summed E-state index contributed by atoms with van der Waals surface area (Å²) in [5.74, 6) is -0.664. The number of nitrogens with one attached hydrogen (secondary N) is 1. The molecule has 0 bridgehead atoms. The molecule has 1 atom stereocenters. The Kier molecular flexibility index (Phi) is 5.37. The molecular formula is C17H23NO3. The fourth-order valence-electron chi connectivity index (χ4n) is 2.80. The summed E-state index contributed by atoms with van der Waals surface area (Å²) in [5, 5.41) is 3.03. The van der Waals surface area contributed by atoms with Crippen LogP contribution in [0.2, 0.25) is 0 Å². The maximum absolute atomic E-state index is 12.5. The van der Waals surface area contributed by atoms with Gasteiger partial charge < -0.3 is 10.1 Å². The molecule has 1 fully saturated rings. The van der Waals surface area contributed by atoms with Crippen LogP contribution in [-0.4, -0.2) is 17.9 Å². The van der Waals surface area contributed by atoms with E-state index in [4.69, 9.17) is 4.74 Å². The van der Waals surface area contributed by atoms with E-state index in [0.29, 0.717) is 0 Å². The lowest BCUT2D eigenvalue weighted by molar-refractivity contribution is -0.154. The SMILES string of the molecule is CC(=O)O[C@H](C(=O)NC1CCCCC1)c1cccc(C)c1. The van der Waals surface area contributed by atoms with E-state index in [1.807, 2.05) is 31.2 Å². The van der Waals surface area contributed by atoms with Crippen LogP contribution >= 0.6 is 0 Å². The highest BCUT2D eigenvalue weighted by Gasteiger charge is 2.26. The standard InChI is InChI=1S/C17H23NO3/c1-12-7-6-8-14(11-12)16(21-13(2)19)17(20)18-15-9-4-3-5-10-15/h6-8,11,15-16H,3-5,9-10H2,1-2H3,(H,18,20)/t16-/m0/s1. The first-order chi connectivity index (χ1) is 10.1. The van der Waals surface area contributed by atoms with Gasteiger partial charge in [0.05, 0.1) is 0 Å². The zero-order chi connectivity index (χ0) is 15.2. The van der Waals surface area contributed by atoms with Gasteiger partial charge >= 0.3 is 5.97 Å². The molecular weight excluding hydrogens is 266 g/mol. The summed E-state index contributed by atoms with van der Waals surface area (Å²) in [4.78, 5) is 23.8. The number of amides is 1. The highest BCUT2D eigenvalue weighted by molar-refractivity contribution is 5.84. The Hall–Kier alpha value is -1.84. The van der Waals surface area contributed by atoms with Crippen molar-refractivity contribution in [3.63, 3.8) is 0 Å². The fraction of sp³-hybridized carbons (Fsp3) is 0.529. The van der Waals surface area contributed by atoms with Crippen LogP contribution in [0.5, 0.6) is 0 Å². The number of aryl methyl sites for hydroxylation is 1. The largest absolute Gasteiger partial charge is 0.447 e. The second-order valence-corrected chi connectivity index (χ2v) is 5.75. The molecule has 1 aliphatic rings. The summed E-state index contributed by atoms with van der Waals surface area (Å²) in [5.41, 5.74) is 1.76. The molecule has 114 valence electrons. The Morgan fingerprint density at radius 1 is 1.24 bits per heavy atom. The zero-order valence-corrected chi connectivity index (χ0v) is 12.7. The molecule has 0 spiro atoms. The van der Waals surface area contributed by atoms with Crippen LogP contribution in [0.25, 0.3) is 0 Å². The summed E-state index contributed by atoms with van der Waals surface area (Å²) in [7, 11) is 0. The first kappa shape index (κ1) is 15.5. The van der Waals surface area contributed by atoms with Crippen LogP contribution in [-0.2, 0) is 14.3 Å². The monoisotopic (exact) mass is 289 g/mol. The maximum Gasteiger partial charge on any atom is 0.303 e. The molecule has 4 nitrogen and oxygen atoms in total. The van der Waals surface area contributed by atoms with Gasteiger partial charge in [-0.25, -0.2) is 0 Å². The number of esters is 1. The molecule has 0 unspecified atom stereocenters. The lowest BCUT2D eigenvalue weighted by atomic mass is 9.95. The van der Waals surface area contributed by atoms with Crippen LogP contribution in [0, 0.1) is 6.92 Å². The summed E-state index contributed by atoms with van der Waals surface area (Å²) in [6, 6.07) is 7.73. The molecule has 2 rings (SSSR count). The van der Waals surface area contributed by atoms with Gasteiger partial charge in [0, 0.05) is 18.5 Å². The van der Waals surface area contributed by atoms with Crippen molar-refractivity contribution in [2.75, 3.05) is 0 Å². The summed E-state index contributed by atoms with van der Waals surface area (Å²) in [6.07, 6.45) is 4.68. The van der Waals surface area contributed by atoms with Crippen LogP contribution in [0.3, 0.4) is 0 Å². The van der Waals surface area contributed by atoms with Crippen molar-refractivity contribution < 1.29 is 14.3 Å². The summed E-state index contributed by atoms with van der Waals surface area (Å²) < 4.78 is 5.24. The third kappa shape index (κ3) is 4.59. The molecule has 0 heterocycles. The van der Waals surface area contributed by atoms with Gasteiger partial charge in [-0.1, -0.05) is 49.1 Å². The van der Waals surface area contributed by atoms with Crippen molar-refractivity contribution in [1.29, 1.82) is 0 Å². The molecule has 0 aliphatic heterocycles. The number of benzene rings is 1. The number of carbonyl (C=O) groups is 2. The molecule has 0 radical (unpaired) electrons. The first-order valence-electron chi connectivity index (χ1n) is 7.60. The number of hydrogen-bond donors (Lipinski definition) is 1. The minimum absolute atomic E-state index is 0.203. The maximum atomic E-state index is 12.5. The van der Waals surface area contributed by atoms with E-state index in [1.54, 1.807) is 0 Å². The predicted octanol–water partition coefficient (Wildman–Crippen LogP) is 3.05. The highest BCUT2D eigenvalue weighted by Crippen LogP contribution is 2.22. The molecule has 1 aromatic carbocycles. The van der Waals surface area contributed by atoms with Gasteiger partial charge in [0.25, 0.3) is 5.91 Å². The van der Waals surface area contributed by atoms with Crippen LogP contribution in [0.4, 0.5) is 0 Å². The van der Waals surface area contributed by atoms with E-state index < -0.39 is 12.1 Å². The molecule has 21 heavy (non-hydrogen) atoms. The number of hydrogen-bond acceptors (Lipinski definition) is 3. The van der Waals surface area contributed by atoms with E-state index >= 15 is 0 Å². The average molecular weight is 289 g/mol. The zero-order valence-electron chi connectivity index (χ0n) is 12.7. The Labute approximate surface area is 125 Å². The van der Waals surface area contributed by atoms with Gasteiger partial charge in [-0.2, -0.15) is 0 Å². The third-order valence-electron chi connectivity index (χ3n) is 3.82. The van der Waals surface area contributed by atoms with Crippen molar-refractivity contribution in [1.82, 2.24) is 5.32 Å². The van der Waals surface area contributed by atoms with Crippen LogP contribution in [0.15, 0.2) is 24.3 Å². The second kappa shape index (κ2) is 7.25. The Morgan fingerprint density at radius 3 is 2.57 bits per heavy atom. The summed E-state index contributed by atoms with van der Waals surface area (Å²) in [6.45, 7) is 3.28. The predicted molar refractivity (Wildman–Crippen MR) is 80.7 cm³/mol. The van der Waals surface area contributed by atoms with E-state index in [-0.39, 0.29) is 11.9 Å². The van der Waals surface area contributed by atoms with Gasteiger partial charge in [-0.3, -0.25) is 9.59 Å². The van der Waals surface area contributed by atoms with Crippen LogP contribution in [0.1, 0.15) is 56.3 Å². The Bertz CT molecular complexity index is 507. The van der Waals surface area contributed by atoms with Crippen molar-refractivity contribution in [2.24, 2.45) is 0 Å². The minimum Gasteiger partial charge on any atom is -0.447 e. The molecule has 4 heteroatoms. The van der Waals surface area contributed by atoms with E-state index in [2.05, 4.69) is 5.32 Å². The molecule has 1 N–H and O–H groups in total. The quantitative estimate of drug-likeness (QED) is 0.867. The average Bonchev–Trinajstić information content (AvgIpc) is 2.45. The minimum atomic E-state index is -0.857. The Morgan fingerprint density at radius 2 is 1.95 bits per heavy atom. The van der Waals surface area contributed by atoms with Crippen LogP contribution < -0.4 is 5.32 Å². The van der Waals surface area contributed by atoms with Crippen molar-refractivity contribution in [3.05, 3.63) is 35.4 Å². The topological polar surface area (TPSA) is 55.4 Å². The lowest BCUT2D eigenvalue weighted by Crippen LogP contribution is -2.40. The number of ether oxygens (including phenoxy) is 1. The molecule has 1 saturated carbocycles. The molecule has 0 saturated heterocycles. The van der Waals surface area contributed by atoms with Crippen molar-refractivity contribution in [3.8, 4) is 0 Å². The molecule has 1 aromatic rings. The normalized spacial score (nSPS) is 17.0. The van der Waals surface area contributed by atoms with Crippen molar-refractivity contribution in [2.45, 2.75) is 58.1 Å². The van der Waals surface area contributed by atoms with Gasteiger partial charge in [-0.05, 0) is 19.8 Å². The third-order valence-corrected chi connectivity index (χ3v) is 3.82. The van der Waals surface area contributed by atoms with E-state index in [1.165, 1.54) is 13.3 Å². The molecule has 0 aromatic heterocycles. The Balaban J connectivity index is 2.11. The highest BCUT2D eigenvalue weighted by atomic mass is 16.5. The fourth-order valence-corrected chi connectivity index (χ4v) is 2.80. The van der Waals surface area contributed by atoms with E-state index in [0.717, 1.165) is 36.8 Å². The smallest absolute Gasteiger partial charge is 0.303 e. The lowest BCUT2D eigenvalue weighted by Gasteiger charge is -2.25. The second-order valence-electron chi connectivity index (χ2n) is 5.75. The number of rotatable bonds is 4. The van der Waals surface area contributed by atoms with Gasteiger partial charge in [-0.15, -0.1) is 0 Å².